The van der Waals surface area contributed by atoms with Gasteiger partial charge in [0.15, 0.2) is 4.80 Å². The summed E-state index contributed by atoms with van der Waals surface area (Å²) in [7, 11) is 0. The van der Waals surface area contributed by atoms with Crippen molar-refractivity contribution < 1.29 is 0 Å². The van der Waals surface area contributed by atoms with Crippen molar-refractivity contribution in [2.24, 2.45) is 4.99 Å². The van der Waals surface area contributed by atoms with Gasteiger partial charge in [-0.2, -0.15) is 0 Å². The van der Waals surface area contributed by atoms with Crippen molar-refractivity contribution >= 4 is 34.4 Å². The van der Waals surface area contributed by atoms with Gasteiger partial charge in [-0.05, 0) is 47.1 Å². The zero-order chi connectivity index (χ0) is 20.1. The highest BCUT2D eigenvalue weighted by Crippen LogP contribution is 2.41. The summed E-state index contributed by atoms with van der Waals surface area (Å²) >= 11 is 3.13. The summed E-state index contributed by atoms with van der Waals surface area (Å²) in [6.07, 6.45) is 3.89. The van der Waals surface area contributed by atoms with Crippen molar-refractivity contribution in [3.63, 3.8) is 0 Å². The molecule has 0 amide bonds. The number of rotatable bonds is 2. The van der Waals surface area contributed by atoms with E-state index in [2.05, 4.69) is 36.4 Å². The Hall–Kier alpha value is -3.02. The molecular weight excluding hydrogens is 408 g/mol. The number of allylic oxidation sites excluding steroid dienone is 1. The summed E-state index contributed by atoms with van der Waals surface area (Å²) in [6.45, 7) is 0. The van der Waals surface area contributed by atoms with Gasteiger partial charge < -0.3 is 0 Å². The molecule has 2 aromatic carbocycles. The summed E-state index contributed by atoms with van der Waals surface area (Å²) < 4.78 is 2.65. The van der Waals surface area contributed by atoms with Gasteiger partial charge in [0.2, 0.25) is 0 Å². The summed E-state index contributed by atoms with van der Waals surface area (Å²) in [5.41, 5.74) is 6.03. The number of hydrogen-bond donors (Lipinski definition) is 0. The van der Waals surface area contributed by atoms with Gasteiger partial charge in [0.05, 0.1) is 16.3 Å². The van der Waals surface area contributed by atoms with E-state index in [1.807, 2.05) is 46.4 Å². The van der Waals surface area contributed by atoms with E-state index in [1.165, 1.54) is 28.0 Å². The van der Waals surface area contributed by atoms with E-state index >= 15 is 0 Å². The number of hydrogen-bond acceptors (Lipinski definition) is 4. The first-order chi connectivity index (χ1) is 14.8. The van der Waals surface area contributed by atoms with Crippen LogP contribution < -0.4 is 14.9 Å². The average molecular weight is 427 g/mol. The zero-order valence-corrected chi connectivity index (χ0v) is 17.7. The molecule has 0 radical (unpaired) electrons. The SMILES string of the molecule is O=c1/c(=C/c2cccs2)sc2n1[C@H](c1ccccc1)C1=C(N=2)c2ccccc2CC1. The fourth-order valence-electron chi connectivity index (χ4n) is 4.46. The Morgan fingerprint density at radius 2 is 1.80 bits per heavy atom. The molecule has 1 atom stereocenters. The van der Waals surface area contributed by atoms with Gasteiger partial charge in [-0.25, -0.2) is 4.99 Å². The molecule has 4 aromatic rings. The van der Waals surface area contributed by atoms with Gasteiger partial charge in [0.1, 0.15) is 0 Å². The van der Waals surface area contributed by atoms with Crippen LogP contribution in [0.4, 0.5) is 0 Å². The Morgan fingerprint density at radius 3 is 2.63 bits per heavy atom. The van der Waals surface area contributed by atoms with Crippen LogP contribution in [0.5, 0.6) is 0 Å². The van der Waals surface area contributed by atoms with E-state index in [4.69, 9.17) is 4.99 Å². The van der Waals surface area contributed by atoms with Gasteiger partial charge in [0.25, 0.3) is 5.56 Å². The molecule has 3 nitrogen and oxygen atoms in total. The smallest absolute Gasteiger partial charge is 0.271 e. The van der Waals surface area contributed by atoms with Gasteiger partial charge >= 0.3 is 0 Å². The number of aryl methyl sites for hydroxylation is 1. The van der Waals surface area contributed by atoms with E-state index in [-0.39, 0.29) is 11.6 Å². The average Bonchev–Trinajstić information content (AvgIpc) is 3.41. The summed E-state index contributed by atoms with van der Waals surface area (Å²) in [5.74, 6) is 0. The molecule has 3 heterocycles. The van der Waals surface area contributed by atoms with E-state index in [0.717, 1.165) is 38.3 Å². The fraction of sp³-hybridized carbons (Fsp3) is 0.120. The standard InChI is InChI=1S/C25H18N2OS2/c28-24-21(15-18-10-6-14-29-18)30-25-26-22-19-11-5-4-7-16(19)12-13-20(22)23(27(24)25)17-8-2-1-3-9-17/h1-11,14-15,23H,12-13H2/b21-15-/t23-/m1/s1. The maximum Gasteiger partial charge on any atom is 0.271 e. The predicted molar refractivity (Wildman–Crippen MR) is 124 cm³/mol. The minimum atomic E-state index is -0.101. The van der Waals surface area contributed by atoms with Crippen LogP contribution in [0.3, 0.4) is 0 Å². The molecule has 2 aromatic heterocycles. The van der Waals surface area contributed by atoms with Crippen LogP contribution in [0.25, 0.3) is 11.8 Å². The number of aromatic nitrogens is 1. The third-order valence-electron chi connectivity index (χ3n) is 5.80. The van der Waals surface area contributed by atoms with Crippen LogP contribution in [-0.2, 0) is 6.42 Å². The molecule has 0 unspecified atom stereocenters. The third-order valence-corrected chi connectivity index (χ3v) is 7.61. The minimum Gasteiger partial charge on any atom is -0.272 e. The summed E-state index contributed by atoms with van der Waals surface area (Å²) in [4.78, 5) is 20.4. The Labute approximate surface area is 181 Å². The Kier molecular flexibility index (Phi) is 4.18. The van der Waals surface area contributed by atoms with E-state index < -0.39 is 0 Å². The van der Waals surface area contributed by atoms with Crippen LogP contribution in [0.1, 0.15) is 34.0 Å². The lowest BCUT2D eigenvalue weighted by Gasteiger charge is -2.30. The minimum absolute atomic E-state index is 0.0476. The second-order valence-corrected chi connectivity index (χ2v) is 9.53. The predicted octanol–water partition coefficient (Wildman–Crippen LogP) is 4.38. The maximum absolute atomic E-state index is 13.5. The van der Waals surface area contributed by atoms with Crippen molar-refractivity contribution in [1.29, 1.82) is 0 Å². The van der Waals surface area contributed by atoms with Crippen LogP contribution in [-0.4, -0.2) is 4.57 Å². The Morgan fingerprint density at radius 1 is 0.967 bits per heavy atom. The molecule has 0 fully saturated rings. The van der Waals surface area contributed by atoms with Gasteiger partial charge in [-0.3, -0.25) is 9.36 Å². The fourth-order valence-corrected chi connectivity index (χ4v) is 6.18. The van der Waals surface area contributed by atoms with Crippen LogP contribution >= 0.6 is 22.7 Å². The number of thiazole rings is 1. The lowest BCUT2D eigenvalue weighted by molar-refractivity contribution is 0.585. The molecule has 0 bridgehead atoms. The summed E-state index contributed by atoms with van der Waals surface area (Å²) in [6, 6.07) is 22.8. The van der Waals surface area contributed by atoms with Crippen LogP contribution in [0.15, 0.2) is 87.5 Å². The van der Waals surface area contributed by atoms with E-state index in [1.54, 1.807) is 11.3 Å². The number of fused-ring (bicyclic) bond motifs is 3. The largest absolute Gasteiger partial charge is 0.272 e. The number of nitrogens with zero attached hydrogens (tertiary/aromatic N) is 2. The molecular formula is C25H18N2OS2. The Balaban J connectivity index is 1.66. The van der Waals surface area contributed by atoms with Gasteiger partial charge in [-0.15, -0.1) is 11.3 Å². The molecule has 5 heteroatoms. The molecule has 0 saturated carbocycles. The summed E-state index contributed by atoms with van der Waals surface area (Å²) in [5, 5.41) is 2.03. The molecule has 0 spiro atoms. The molecule has 1 aliphatic carbocycles. The molecule has 6 rings (SSSR count). The van der Waals surface area contributed by atoms with Crippen molar-refractivity contribution in [2.75, 3.05) is 0 Å². The normalized spacial score (nSPS) is 17.9. The first-order valence-corrected chi connectivity index (χ1v) is 11.7. The highest BCUT2D eigenvalue weighted by Gasteiger charge is 2.32. The van der Waals surface area contributed by atoms with Crippen molar-refractivity contribution in [1.82, 2.24) is 4.57 Å². The van der Waals surface area contributed by atoms with Crippen LogP contribution in [0, 0.1) is 0 Å². The second-order valence-electron chi connectivity index (χ2n) is 7.54. The quantitative estimate of drug-likeness (QED) is 0.468. The first-order valence-electron chi connectivity index (χ1n) is 10.0. The van der Waals surface area contributed by atoms with Gasteiger partial charge in [-0.1, -0.05) is 72.0 Å². The lowest BCUT2D eigenvalue weighted by Crippen LogP contribution is -2.38. The van der Waals surface area contributed by atoms with Crippen molar-refractivity contribution in [3.8, 4) is 0 Å². The monoisotopic (exact) mass is 426 g/mol. The van der Waals surface area contributed by atoms with Gasteiger partial charge in [0, 0.05) is 10.4 Å². The highest BCUT2D eigenvalue weighted by atomic mass is 32.1. The molecule has 146 valence electrons. The first kappa shape index (κ1) is 17.8. The highest BCUT2D eigenvalue weighted by molar-refractivity contribution is 7.11. The lowest BCUT2D eigenvalue weighted by atomic mass is 9.83. The number of benzene rings is 2. The zero-order valence-electron chi connectivity index (χ0n) is 16.1. The third kappa shape index (κ3) is 2.77. The van der Waals surface area contributed by atoms with Crippen molar-refractivity contribution in [3.05, 3.63) is 119 Å². The van der Waals surface area contributed by atoms with Crippen molar-refractivity contribution in [2.45, 2.75) is 18.9 Å². The second kappa shape index (κ2) is 7.04. The molecule has 1 aliphatic heterocycles. The van der Waals surface area contributed by atoms with E-state index in [0.29, 0.717) is 0 Å². The van der Waals surface area contributed by atoms with E-state index in [9.17, 15) is 4.79 Å². The van der Waals surface area contributed by atoms with Crippen LogP contribution in [0.2, 0.25) is 0 Å². The molecule has 0 N–H and O–H groups in total. The maximum atomic E-state index is 13.5. The number of thiophene rings is 1. The molecule has 30 heavy (non-hydrogen) atoms. The molecule has 0 saturated heterocycles. The topological polar surface area (TPSA) is 34.4 Å². The Bertz CT molecular complexity index is 1460. The molecule has 2 aliphatic rings.